The summed E-state index contributed by atoms with van der Waals surface area (Å²) in [6, 6.07) is 8.89. The molecular formula is C15H21N3OS. The Bertz CT molecular complexity index is 524. The summed E-state index contributed by atoms with van der Waals surface area (Å²) < 4.78 is 6.93. The van der Waals surface area contributed by atoms with E-state index in [0.29, 0.717) is 6.61 Å². The molecule has 2 aromatic rings. The van der Waals surface area contributed by atoms with Crippen molar-refractivity contribution >= 4 is 17.4 Å². The summed E-state index contributed by atoms with van der Waals surface area (Å²) in [5.74, 6) is 0. The molecule has 0 fully saturated rings. The quantitative estimate of drug-likeness (QED) is 0.793. The second-order valence-electron chi connectivity index (χ2n) is 4.62. The van der Waals surface area contributed by atoms with Crippen LogP contribution >= 0.6 is 11.8 Å². The number of rotatable bonds is 7. The van der Waals surface area contributed by atoms with Gasteiger partial charge in [-0.05, 0) is 30.9 Å². The zero-order valence-corrected chi connectivity index (χ0v) is 13.0. The highest BCUT2D eigenvalue weighted by Gasteiger charge is 2.06. The molecule has 0 aliphatic rings. The Hall–Kier alpha value is -1.46. The molecule has 0 saturated heterocycles. The van der Waals surface area contributed by atoms with Crippen molar-refractivity contribution in [2.24, 2.45) is 0 Å². The minimum atomic E-state index is 0.256. The van der Waals surface area contributed by atoms with Gasteiger partial charge in [-0.1, -0.05) is 12.1 Å². The fourth-order valence-electron chi connectivity index (χ4n) is 1.97. The summed E-state index contributed by atoms with van der Waals surface area (Å²) in [5.41, 5.74) is 2.30. The lowest BCUT2D eigenvalue weighted by molar-refractivity contribution is 0.183. The van der Waals surface area contributed by atoms with E-state index < -0.39 is 0 Å². The van der Waals surface area contributed by atoms with Gasteiger partial charge in [0.05, 0.1) is 25.0 Å². The largest absolute Gasteiger partial charge is 0.383 e. The number of hydrogen-bond acceptors (Lipinski definition) is 4. The molecule has 1 atom stereocenters. The lowest BCUT2D eigenvalue weighted by Crippen LogP contribution is -2.06. The van der Waals surface area contributed by atoms with Gasteiger partial charge in [0.1, 0.15) is 0 Å². The Kier molecular flexibility index (Phi) is 5.49. The summed E-state index contributed by atoms with van der Waals surface area (Å²) in [4.78, 5) is 1.29. The highest BCUT2D eigenvalue weighted by molar-refractivity contribution is 7.98. The minimum absolute atomic E-state index is 0.256. The molecule has 0 aliphatic carbocycles. The molecule has 1 heterocycles. The molecule has 2 rings (SSSR count). The van der Waals surface area contributed by atoms with Crippen LogP contribution in [-0.2, 0) is 11.3 Å². The predicted octanol–water partition coefficient (Wildman–Crippen LogP) is 3.42. The third-order valence-electron chi connectivity index (χ3n) is 3.16. The number of ether oxygens (including phenoxy) is 1. The number of anilines is 1. The Balaban J connectivity index is 1.95. The first-order chi connectivity index (χ1) is 9.72. The van der Waals surface area contributed by atoms with Gasteiger partial charge in [-0.25, -0.2) is 0 Å². The van der Waals surface area contributed by atoms with Crippen molar-refractivity contribution in [2.75, 3.05) is 25.3 Å². The van der Waals surface area contributed by atoms with Crippen molar-refractivity contribution < 1.29 is 4.74 Å². The molecule has 0 aliphatic heterocycles. The van der Waals surface area contributed by atoms with E-state index >= 15 is 0 Å². The number of thioether (sulfide) groups is 1. The van der Waals surface area contributed by atoms with E-state index in [1.807, 2.05) is 17.1 Å². The normalized spacial score (nSPS) is 12.3. The summed E-state index contributed by atoms with van der Waals surface area (Å²) >= 11 is 1.76. The zero-order valence-electron chi connectivity index (χ0n) is 12.2. The Labute approximate surface area is 124 Å². The highest BCUT2D eigenvalue weighted by Crippen LogP contribution is 2.21. The monoisotopic (exact) mass is 291 g/mol. The van der Waals surface area contributed by atoms with Crippen LogP contribution in [0.5, 0.6) is 0 Å². The molecule has 5 heteroatoms. The van der Waals surface area contributed by atoms with E-state index in [4.69, 9.17) is 4.74 Å². The summed E-state index contributed by atoms with van der Waals surface area (Å²) in [7, 11) is 1.70. The fourth-order valence-corrected chi connectivity index (χ4v) is 2.38. The summed E-state index contributed by atoms with van der Waals surface area (Å²) in [6.45, 7) is 3.60. The van der Waals surface area contributed by atoms with E-state index in [1.54, 1.807) is 18.9 Å². The lowest BCUT2D eigenvalue weighted by atomic mass is 10.1. The number of nitrogens with one attached hydrogen (secondary N) is 1. The molecule has 1 aromatic heterocycles. The molecule has 1 N–H and O–H groups in total. The number of benzene rings is 1. The average Bonchev–Trinajstić information content (AvgIpc) is 2.92. The molecule has 0 amide bonds. The van der Waals surface area contributed by atoms with Gasteiger partial charge in [0, 0.05) is 24.2 Å². The van der Waals surface area contributed by atoms with Crippen LogP contribution < -0.4 is 5.32 Å². The van der Waals surface area contributed by atoms with Gasteiger partial charge in [-0.15, -0.1) is 11.8 Å². The number of hydrogen-bond donors (Lipinski definition) is 1. The topological polar surface area (TPSA) is 39.1 Å². The maximum Gasteiger partial charge on any atom is 0.0731 e. The summed E-state index contributed by atoms with van der Waals surface area (Å²) in [6.07, 6.45) is 5.94. The molecule has 20 heavy (non-hydrogen) atoms. The predicted molar refractivity (Wildman–Crippen MR) is 84.4 cm³/mol. The van der Waals surface area contributed by atoms with Crippen LogP contribution in [0.15, 0.2) is 41.6 Å². The Morgan fingerprint density at radius 3 is 2.75 bits per heavy atom. The second kappa shape index (κ2) is 7.36. The van der Waals surface area contributed by atoms with E-state index in [1.165, 1.54) is 10.5 Å². The smallest absolute Gasteiger partial charge is 0.0731 e. The van der Waals surface area contributed by atoms with E-state index in [0.717, 1.165) is 12.2 Å². The molecule has 1 aromatic carbocycles. The van der Waals surface area contributed by atoms with Crippen LogP contribution in [0.4, 0.5) is 5.69 Å². The maximum atomic E-state index is 5.04. The maximum absolute atomic E-state index is 5.04. The first kappa shape index (κ1) is 14.9. The van der Waals surface area contributed by atoms with Crippen LogP contribution in [0.25, 0.3) is 0 Å². The van der Waals surface area contributed by atoms with Gasteiger partial charge < -0.3 is 10.1 Å². The van der Waals surface area contributed by atoms with Crippen molar-refractivity contribution in [2.45, 2.75) is 24.4 Å². The average molecular weight is 291 g/mol. The van der Waals surface area contributed by atoms with Crippen LogP contribution in [0.1, 0.15) is 18.5 Å². The third-order valence-corrected chi connectivity index (χ3v) is 3.90. The second-order valence-corrected chi connectivity index (χ2v) is 5.50. The molecule has 0 saturated carbocycles. The van der Waals surface area contributed by atoms with Crippen molar-refractivity contribution in [3.05, 3.63) is 42.2 Å². The minimum Gasteiger partial charge on any atom is -0.383 e. The molecule has 4 nitrogen and oxygen atoms in total. The number of methoxy groups -OCH3 is 1. The van der Waals surface area contributed by atoms with Crippen LogP contribution in [0.2, 0.25) is 0 Å². The number of aromatic nitrogens is 2. The first-order valence-corrected chi connectivity index (χ1v) is 7.87. The molecule has 1 unspecified atom stereocenters. The lowest BCUT2D eigenvalue weighted by Gasteiger charge is -2.14. The van der Waals surface area contributed by atoms with Crippen LogP contribution in [0.3, 0.4) is 0 Å². The molecule has 0 radical (unpaired) electrons. The van der Waals surface area contributed by atoms with Gasteiger partial charge in [0.25, 0.3) is 0 Å². The fraction of sp³-hybridized carbons (Fsp3) is 0.400. The van der Waals surface area contributed by atoms with Gasteiger partial charge in [0.15, 0.2) is 0 Å². The molecule has 0 spiro atoms. The first-order valence-electron chi connectivity index (χ1n) is 6.65. The van der Waals surface area contributed by atoms with E-state index in [-0.39, 0.29) is 6.04 Å². The Morgan fingerprint density at radius 1 is 1.35 bits per heavy atom. The van der Waals surface area contributed by atoms with Gasteiger partial charge >= 0.3 is 0 Å². The zero-order chi connectivity index (χ0) is 14.4. The summed E-state index contributed by atoms with van der Waals surface area (Å²) in [5, 5.41) is 7.76. The van der Waals surface area contributed by atoms with Gasteiger partial charge in [-0.2, -0.15) is 5.10 Å². The third kappa shape index (κ3) is 4.02. The van der Waals surface area contributed by atoms with Crippen LogP contribution in [-0.4, -0.2) is 29.8 Å². The number of nitrogens with zero attached hydrogens (tertiary/aromatic N) is 2. The van der Waals surface area contributed by atoms with E-state index in [2.05, 4.69) is 47.9 Å². The van der Waals surface area contributed by atoms with Crippen molar-refractivity contribution in [3.8, 4) is 0 Å². The Morgan fingerprint density at radius 2 is 2.10 bits per heavy atom. The SMILES string of the molecule is COCCn1cc(NC(C)c2ccc(SC)cc2)cn1. The molecule has 108 valence electrons. The van der Waals surface area contributed by atoms with Gasteiger partial charge in [-0.3, -0.25) is 4.68 Å². The van der Waals surface area contributed by atoms with Crippen LogP contribution in [0, 0.1) is 0 Å². The van der Waals surface area contributed by atoms with Crippen molar-refractivity contribution in [3.63, 3.8) is 0 Å². The van der Waals surface area contributed by atoms with Crippen molar-refractivity contribution in [1.29, 1.82) is 0 Å². The molecular weight excluding hydrogens is 270 g/mol. The highest BCUT2D eigenvalue weighted by atomic mass is 32.2. The standard InChI is InChI=1S/C15H21N3OS/c1-12(13-4-6-15(20-3)7-5-13)17-14-10-16-18(11-14)8-9-19-2/h4-7,10-12,17H,8-9H2,1-3H3. The molecule has 0 bridgehead atoms. The van der Waals surface area contributed by atoms with E-state index in [9.17, 15) is 0 Å². The van der Waals surface area contributed by atoms with Gasteiger partial charge in [0.2, 0.25) is 0 Å². The van der Waals surface area contributed by atoms with Crippen molar-refractivity contribution in [1.82, 2.24) is 9.78 Å².